The second kappa shape index (κ2) is 11.0. The fourth-order valence-corrected chi connectivity index (χ4v) is 5.55. The number of amides is 2. The van der Waals surface area contributed by atoms with Crippen LogP contribution in [-0.2, 0) is 27.3 Å². The van der Waals surface area contributed by atoms with E-state index >= 15 is 0 Å². The predicted octanol–water partition coefficient (Wildman–Crippen LogP) is 5.60. The van der Waals surface area contributed by atoms with Gasteiger partial charge in [0.15, 0.2) is 5.78 Å². The molecule has 0 saturated carbocycles. The van der Waals surface area contributed by atoms with Crippen LogP contribution in [0.2, 0.25) is 0 Å². The molecule has 1 unspecified atom stereocenters. The Labute approximate surface area is 221 Å². The molecule has 5 heteroatoms. The highest BCUT2D eigenvalue weighted by Gasteiger charge is 2.43. The smallest absolute Gasteiger partial charge is 0.245 e. The summed E-state index contributed by atoms with van der Waals surface area (Å²) in [6, 6.07) is 15.9. The molecule has 2 amide bonds. The van der Waals surface area contributed by atoms with Crippen LogP contribution in [0.1, 0.15) is 69.2 Å². The Kier molecular flexibility index (Phi) is 8.01. The van der Waals surface area contributed by atoms with Gasteiger partial charge in [-0.1, -0.05) is 74.9 Å². The van der Waals surface area contributed by atoms with E-state index in [1.54, 1.807) is 11.0 Å². The Morgan fingerprint density at radius 2 is 1.68 bits per heavy atom. The minimum Gasteiger partial charge on any atom is -0.336 e. The molecular formula is C32H40N2O3. The second-order valence-electron chi connectivity index (χ2n) is 11.8. The number of allylic oxidation sites excluding steroid dienone is 2. The van der Waals surface area contributed by atoms with Crippen molar-refractivity contribution < 1.29 is 14.4 Å². The first-order valence-corrected chi connectivity index (χ1v) is 13.5. The first kappa shape index (κ1) is 26.8. The Bertz CT molecular complexity index is 1190. The molecule has 1 saturated heterocycles. The van der Waals surface area contributed by atoms with Crippen LogP contribution >= 0.6 is 0 Å². The van der Waals surface area contributed by atoms with Crippen molar-refractivity contribution in [1.82, 2.24) is 9.80 Å². The van der Waals surface area contributed by atoms with Gasteiger partial charge in [0.1, 0.15) is 6.04 Å². The molecule has 5 nitrogen and oxygen atoms in total. The van der Waals surface area contributed by atoms with Crippen LogP contribution in [-0.4, -0.2) is 46.5 Å². The highest BCUT2D eigenvalue weighted by Crippen LogP contribution is 2.34. The third-order valence-corrected chi connectivity index (χ3v) is 7.90. The summed E-state index contributed by atoms with van der Waals surface area (Å²) in [6.45, 7) is 11.8. The van der Waals surface area contributed by atoms with Gasteiger partial charge in [0.2, 0.25) is 11.8 Å². The summed E-state index contributed by atoms with van der Waals surface area (Å²) in [7, 11) is 0. The van der Waals surface area contributed by atoms with Crippen LogP contribution in [0.4, 0.5) is 0 Å². The average molecular weight is 501 g/mol. The molecule has 37 heavy (non-hydrogen) atoms. The van der Waals surface area contributed by atoms with Gasteiger partial charge in [-0.15, -0.1) is 0 Å². The topological polar surface area (TPSA) is 57.7 Å². The van der Waals surface area contributed by atoms with E-state index in [2.05, 4.69) is 12.1 Å². The number of benzene rings is 2. The largest absolute Gasteiger partial charge is 0.336 e. The second-order valence-corrected chi connectivity index (χ2v) is 11.8. The maximum Gasteiger partial charge on any atom is 0.245 e. The molecule has 0 aromatic heterocycles. The van der Waals surface area contributed by atoms with Crippen molar-refractivity contribution in [3.63, 3.8) is 0 Å². The number of fused-ring (bicyclic) bond motifs is 1. The molecule has 2 atom stereocenters. The molecule has 0 aliphatic carbocycles. The van der Waals surface area contributed by atoms with Crippen molar-refractivity contribution in [1.29, 1.82) is 0 Å². The zero-order chi connectivity index (χ0) is 26.7. The lowest BCUT2D eigenvalue weighted by molar-refractivity contribution is -0.149. The van der Waals surface area contributed by atoms with Gasteiger partial charge >= 0.3 is 0 Å². The number of carbonyl (C=O) groups is 3. The van der Waals surface area contributed by atoms with Crippen LogP contribution in [0.5, 0.6) is 0 Å². The lowest BCUT2D eigenvalue weighted by Crippen LogP contribution is -2.51. The fourth-order valence-electron chi connectivity index (χ4n) is 5.55. The van der Waals surface area contributed by atoms with Crippen LogP contribution in [0, 0.1) is 18.3 Å². The summed E-state index contributed by atoms with van der Waals surface area (Å²) in [5, 5.41) is 0. The lowest BCUT2D eigenvalue weighted by atomic mass is 9.76. The lowest BCUT2D eigenvalue weighted by Gasteiger charge is -2.37. The first-order valence-electron chi connectivity index (χ1n) is 13.5. The predicted molar refractivity (Wildman–Crippen MR) is 148 cm³/mol. The third-order valence-electron chi connectivity index (χ3n) is 7.90. The molecule has 196 valence electrons. The summed E-state index contributed by atoms with van der Waals surface area (Å²) >= 11 is 0. The zero-order valence-corrected chi connectivity index (χ0v) is 22.9. The summed E-state index contributed by atoms with van der Waals surface area (Å²) in [5.41, 5.74) is 5.15. The van der Waals surface area contributed by atoms with Crippen molar-refractivity contribution >= 4 is 23.2 Å². The van der Waals surface area contributed by atoms with E-state index in [0.717, 1.165) is 24.0 Å². The van der Waals surface area contributed by atoms with Crippen LogP contribution < -0.4 is 0 Å². The highest BCUT2D eigenvalue weighted by atomic mass is 16.2. The zero-order valence-electron chi connectivity index (χ0n) is 22.9. The molecule has 2 aromatic rings. The van der Waals surface area contributed by atoms with Gasteiger partial charge in [0, 0.05) is 26.1 Å². The summed E-state index contributed by atoms with van der Waals surface area (Å²) in [6.07, 6.45) is 4.13. The first-order chi connectivity index (χ1) is 17.5. The highest BCUT2D eigenvalue weighted by molar-refractivity contribution is 5.99. The minimum absolute atomic E-state index is 0.0365. The van der Waals surface area contributed by atoms with Crippen LogP contribution in [0.3, 0.4) is 0 Å². The van der Waals surface area contributed by atoms with Crippen molar-refractivity contribution in [3.05, 3.63) is 76.9 Å². The Hall–Kier alpha value is -3.21. The van der Waals surface area contributed by atoms with Gasteiger partial charge in [0.25, 0.3) is 0 Å². The van der Waals surface area contributed by atoms with Crippen molar-refractivity contribution in [2.75, 3.05) is 13.1 Å². The number of nitrogens with zero attached hydrogens (tertiary/aromatic N) is 2. The minimum atomic E-state index is -0.488. The number of hydrogen-bond acceptors (Lipinski definition) is 3. The fraction of sp³-hybridized carbons (Fsp3) is 0.469. The summed E-state index contributed by atoms with van der Waals surface area (Å²) in [5.74, 6) is -0.580. The molecule has 2 aromatic carbocycles. The van der Waals surface area contributed by atoms with Crippen molar-refractivity contribution in [2.45, 2.75) is 72.9 Å². The molecule has 2 aliphatic rings. The molecule has 2 heterocycles. The normalized spacial score (nSPS) is 18.9. The molecule has 2 aliphatic heterocycles. The van der Waals surface area contributed by atoms with Gasteiger partial charge in [-0.05, 0) is 66.9 Å². The van der Waals surface area contributed by atoms with Crippen molar-refractivity contribution in [2.24, 2.45) is 11.3 Å². The molecule has 1 fully saturated rings. The quantitative estimate of drug-likeness (QED) is 0.486. The average Bonchev–Trinajstić information content (AvgIpc) is 3.36. The Morgan fingerprint density at radius 3 is 2.35 bits per heavy atom. The monoisotopic (exact) mass is 500 g/mol. The van der Waals surface area contributed by atoms with Gasteiger partial charge in [-0.25, -0.2) is 0 Å². The third kappa shape index (κ3) is 6.20. The Balaban J connectivity index is 1.48. The number of aryl methyl sites for hydroxylation is 1. The van der Waals surface area contributed by atoms with E-state index in [9.17, 15) is 14.4 Å². The molecule has 4 rings (SSSR count). The number of hydrogen-bond donors (Lipinski definition) is 0. The molecule has 0 N–H and O–H groups in total. The number of ketones is 1. The number of likely N-dealkylation sites (tertiary alicyclic amines) is 1. The molecule has 0 bridgehead atoms. The maximum atomic E-state index is 13.9. The SMILES string of the molecule is C/C(=C\C(=O)C[C@H](C(=O)N1CCCC1C(=O)N1CCc2ccccc2C1)C(C)(C)C)c1ccc(C)cc1. The molecule has 0 spiro atoms. The maximum absolute atomic E-state index is 13.9. The van der Waals surface area contributed by atoms with E-state index < -0.39 is 17.4 Å². The van der Waals surface area contributed by atoms with Crippen LogP contribution in [0.15, 0.2) is 54.6 Å². The van der Waals surface area contributed by atoms with Gasteiger partial charge in [0.05, 0.1) is 5.92 Å². The molecule has 0 radical (unpaired) electrons. The summed E-state index contributed by atoms with van der Waals surface area (Å²) in [4.78, 5) is 44.3. The molecular weight excluding hydrogens is 460 g/mol. The van der Waals surface area contributed by atoms with Gasteiger partial charge < -0.3 is 9.80 Å². The standard InChI is InChI=1S/C32H40N2O3/c1-22-12-14-24(15-13-22)23(2)19-27(35)20-28(32(3,4)5)30(36)34-17-8-11-29(34)31(37)33-18-16-25-9-6-7-10-26(25)21-33/h6-7,9-10,12-15,19,28-29H,8,11,16-18,20-21H2,1-5H3/b23-19+/t28-,29?/m1/s1. The summed E-state index contributed by atoms with van der Waals surface area (Å²) < 4.78 is 0. The Morgan fingerprint density at radius 1 is 1.00 bits per heavy atom. The van der Waals surface area contributed by atoms with E-state index in [-0.39, 0.29) is 24.0 Å². The van der Waals surface area contributed by atoms with E-state index in [1.165, 1.54) is 16.7 Å². The van der Waals surface area contributed by atoms with Gasteiger partial charge in [-0.3, -0.25) is 14.4 Å². The van der Waals surface area contributed by atoms with Crippen LogP contribution in [0.25, 0.3) is 5.57 Å². The van der Waals surface area contributed by atoms with Gasteiger partial charge in [-0.2, -0.15) is 0 Å². The van der Waals surface area contributed by atoms with E-state index in [4.69, 9.17) is 0 Å². The van der Waals surface area contributed by atoms with E-state index in [1.807, 2.05) is 75.9 Å². The number of carbonyl (C=O) groups excluding carboxylic acids is 3. The van der Waals surface area contributed by atoms with Crippen molar-refractivity contribution in [3.8, 4) is 0 Å². The number of rotatable bonds is 6. The van der Waals surface area contributed by atoms with E-state index in [0.29, 0.717) is 26.1 Å².